The molecule has 2 aromatic heterocycles. The van der Waals surface area contributed by atoms with E-state index in [2.05, 4.69) is 31.3 Å². The molecule has 7 heteroatoms. The van der Waals surface area contributed by atoms with Gasteiger partial charge >= 0.3 is 5.97 Å². The number of nitrogens with zero attached hydrogens (tertiary/aromatic N) is 3. The molecule has 0 bridgehead atoms. The summed E-state index contributed by atoms with van der Waals surface area (Å²) in [6.45, 7) is 0.937. The van der Waals surface area contributed by atoms with Gasteiger partial charge in [-0.25, -0.2) is 9.50 Å². The van der Waals surface area contributed by atoms with Crippen molar-refractivity contribution in [1.29, 1.82) is 0 Å². The molecule has 1 fully saturated rings. The van der Waals surface area contributed by atoms with Gasteiger partial charge in [0.15, 0.2) is 5.65 Å². The first-order valence-corrected chi connectivity index (χ1v) is 7.42. The molecular weight excluding hydrogens is 324 g/mol. The summed E-state index contributed by atoms with van der Waals surface area (Å²) in [4.78, 5) is 15.0. The monoisotopic (exact) mass is 338 g/mol. The van der Waals surface area contributed by atoms with E-state index < -0.39 is 5.97 Å². The van der Waals surface area contributed by atoms with E-state index in [4.69, 9.17) is 5.11 Å². The van der Waals surface area contributed by atoms with Crippen molar-refractivity contribution < 1.29 is 9.90 Å². The molecule has 1 aliphatic rings. The van der Waals surface area contributed by atoms with E-state index in [1.807, 2.05) is 12.1 Å². The Morgan fingerprint density at radius 2 is 2.30 bits per heavy atom. The maximum absolute atomic E-state index is 10.8. The molecule has 0 aromatic carbocycles. The highest BCUT2D eigenvalue weighted by Crippen LogP contribution is 2.26. The van der Waals surface area contributed by atoms with Gasteiger partial charge < -0.3 is 10.4 Å². The van der Waals surface area contributed by atoms with E-state index in [1.54, 1.807) is 4.52 Å². The van der Waals surface area contributed by atoms with Crippen molar-refractivity contribution in [2.75, 3.05) is 11.9 Å². The maximum Gasteiger partial charge on any atom is 0.309 e. The van der Waals surface area contributed by atoms with Crippen LogP contribution in [0.5, 0.6) is 0 Å². The number of aromatic nitrogens is 3. The number of carbonyl (C=O) groups is 1. The molecule has 0 spiro atoms. The van der Waals surface area contributed by atoms with Crippen molar-refractivity contribution in [3.05, 3.63) is 22.4 Å². The topological polar surface area (TPSA) is 79.5 Å². The average molecular weight is 339 g/mol. The quantitative estimate of drug-likeness (QED) is 0.874. The number of carboxylic acids is 1. The van der Waals surface area contributed by atoms with Crippen LogP contribution in [-0.4, -0.2) is 32.2 Å². The number of hydrogen-bond acceptors (Lipinski definition) is 4. The number of carboxylic acid groups (broad SMARTS) is 1. The minimum Gasteiger partial charge on any atom is -0.481 e. The summed E-state index contributed by atoms with van der Waals surface area (Å²) in [6.07, 6.45) is 3.78. The van der Waals surface area contributed by atoms with Gasteiger partial charge in [-0.2, -0.15) is 0 Å². The molecule has 6 nitrogen and oxygen atoms in total. The van der Waals surface area contributed by atoms with Gasteiger partial charge in [-0.05, 0) is 46.8 Å². The van der Waals surface area contributed by atoms with Gasteiger partial charge in [0.25, 0.3) is 0 Å². The molecule has 20 heavy (non-hydrogen) atoms. The van der Waals surface area contributed by atoms with Gasteiger partial charge in [0.05, 0.1) is 12.1 Å². The maximum atomic E-state index is 10.8. The zero-order valence-corrected chi connectivity index (χ0v) is 12.4. The standard InChI is InChI=1S/C13H15BrN4O2/c14-13-9(6-12(19)20)16-11-5-4-10(17-18(11)13)15-7-8-2-1-3-8/h4-5,8H,1-3,6-7H2,(H,15,17)(H,19,20). The Morgan fingerprint density at radius 3 is 2.95 bits per heavy atom. The Morgan fingerprint density at radius 1 is 1.50 bits per heavy atom. The predicted octanol–water partition coefficient (Wildman–Crippen LogP) is 2.33. The second-order valence-electron chi connectivity index (χ2n) is 5.09. The Bertz CT molecular complexity index is 651. The van der Waals surface area contributed by atoms with E-state index in [-0.39, 0.29) is 6.42 Å². The van der Waals surface area contributed by atoms with E-state index in [0.717, 1.165) is 18.3 Å². The Balaban J connectivity index is 1.81. The first-order valence-electron chi connectivity index (χ1n) is 6.63. The highest BCUT2D eigenvalue weighted by molar-refractivity contribution is 9.10. The summed E-state index contributed by atoms with van der Waals surface area (Å²) < 4.78 is 2.23. The molecule has 2 aromatic rings. The van der Waals surface area contributed by atoms with Crippen LogP contribution in [0, 0.1) is 5.92 Å². The van der Waals surface area contributed by atoms with Crippen molar-refractivity contribution in [3.63, 3.8) is 0 Å². The first-order chi connectivity index (χ1) is 9.63. The van der Waals surface area contributed by atoms with Gasteiger partial charge in [-0.1, -0.05) is 6.42 Å². The van der Waals surface area contributed by atoms with Crippen LogP contribution in [0.2, 0.25) is 0 Å². The number of anilines is 1. The smallest absolute Gasteiger partial charge is 0.309 e. The fourth-order valence-electron chi connectivity index (χ4n) is 2.25. The van der Waals surface area contributed by atoms with Crippen LogP contribution in [0.3, 0.4) is 0 Å². The largest absolute Gasteiger partial charge is 0.481 e. The van der Waals surface area contributed by atoms with Crippen molar-refractivity contribution in [1.82, 2.24) is 14.6 Å². The number of aliphatic carboxylic acids is 1. The van der Waals surface area contributed by atoms with Gasteiger partial charge in [0, 0.05) is 6.54 Å². The highest BCUT2D eigenvalue weighted by atomic mass is 79.9. The fraction of sp³-hybridized carbons (Fsp3) is 0.462. The Hall–Kier alpha value is -1.63. The van der Waals surface area contributed by atoms with Gasteiger partial charge in [-0.15, -0.1) is 5.10 Å². The third-order valence-electron chi connectivity index (χ3n) is 3.60. The van der Waals surface area contributed by atoms with Crippen LogP contribution in [0.25, 0.3) is 5.65 Å². The minimum atomic E-state index is -0.905. The predicted molar refractivity (Wildman–Crippen MR) is 77.9 cm³/mol. The first kappa shape index (κ1) is 13.4. The number of hydrogen-bond donors (Lipinski definition) is 2. The molecule has 1 aliphatic carbocycles. The van der Waals surface area contributed by atoms with Gasteiger partial charge in [0.1, 0.15) is 10.4 Å². The summed E-state index contributed by atoms with van der Waals surface area (Å²) in [7, 11) is 0. The molecule has 0 aliphatic heterocycles. The minimum absolute atomic E-state index is 0.116. The van der Waals surface area contributed by atoms with Crippen LogP contribution in [-0.2, 0) is 11.2 Å². The number of rotatable bonds is 5. The van der Waals surface area contributed by atoms with Crippen molar-refractivity contribution >= 4 is 33.4 Å². The number of fused-ring (bicyclic) bond motifs is 1. The number of nitrogens with one attached hydrogen (secondary N) is 1. The Kier molecular flexibility index (Phi) is 3.60. The second kappa shape index (κ2) is 5.40. The molecule has 0 atom stereocenters. The molecule has 3 rings (SSSR count). The molecule has 0 unspecified atom stereocenters. The molecule has 106 valence electrons. The summed E-state index contributed by atoms with van der Waals surface area (Å²) >= 11 is 3.37. The lowest BCUT2D eigenvalue weighted by molar-refractivity contribution is -0.136. The van der Waals surface area contributed by atoms with Crippen LogP contribution >= 0.6 is 15.9 Å². The van der Waals surface area contributed by atoms with E-state index in [0.29, 0.717) is 15.9 Å². The van der Waals surface area contributed by atoms with Crippen molar-refractivity contribution in [2.45, 2.75) is 25.7 Å². The van der Waals surface area contributed by atoms with E-state index in [1.165, 1.54) is 19.3 Å². The number of halogens is 1. The third kappa shape index (κ3) is 2.63. The van der Waals surface area contributed by atoms with Gasteiger partial charge in [0.2, 0.25) is 0 Å². The van der Waals surface area contributed by atoms with Crippen LogP contribution in [0.4, 0.5) is 5.82 Å². The summed E-state index contributed by atoms with van der Waals surface area (Å²) in [5.41, 5.74) is 1.13. The van der Waals surface area contributed by atoms with Crippen LogP contribution in [0.1, 0.15) is 25.0 Å². The molecular formula is C13H15BrN4O2. The lowest BCUT2D eigenvalue weighted by atomic mass is 9.85. The highest BCUT2D eigenvalue weighted by Gasteiger charge is 2.17. The summed E-state index contributed by atoms with van der Waals surface area (Å²) in [6, 6.07) is 3.71. The molecule has 0 saturated heterocycles. The van der Waals surface area contributed by atoms with E-state index >= 15 is 0 Å². The Labute approximate surface area is 124 Å². The zero-order valence-electron chi connectivity index (χ0n) is 10.8. The summed E-state index contributed by atoms with van der Waals surface area (Å²) in [5, 5.41) is 16.6. The van der Waals surface area contributed by atoms with Crippen LogP contribution < -0.4 is 5.32 Å². The van der Waals surface area contributed by atoms with E-state index in [9.17, 15) is 4.79 Å². The zero-order chi connectivity index (χ0) is 14.1. The third-order valence-corrected chi connectivity index (χ3v) is 4.40. The molecule has 2 heterocycles. The molecule has 1 saturated carbocycles. The SMILES string of the molecule is O=C(O)Cc1nc2ccc(NCC3CCC3)nn2c1Br. The van der Waals surface area contributed by atoms with Crippen molar-refractivity contribution in [2.24, 2.45) is 5.92 Å². The second-order valence-corrected chi connectivity index (χ2v) is 5.84. The normalized spacial score (nSPS) is 15.2. The lowest BCUT2D eigenvalue weighted by Gasteiger charge is -2.25. The average Bonchev–Trinajstić information content (AvgIpc) is 2.64. The molecule has 2 N–H and O–H groups in total. The van der Waals surface area contributed by atoms with Gasteiger partial charge in [-0.3, -0.25) is 4.79 Å². The summed E-state index contributed by atoms with van der Waals surface area (Å²) in [5.74, 6) is 0.628. The fourth-order valence-corrected chi connectivity index (χ4v) is 2.74. The van der Waals surface area contributed by atoms with Crippen molar-refractivity contribution in [3.8, 4) is 0 Å². The molecule has 0 radical (unpaired) electrons. The van der Waals surface area contributed by atoms with Crippen LogP contribution in [0.15, 0.2) is 16.7 Å². The lowest BCUT2D eigenvalue weighted by Crippen LogP contribution is -2.21. The molecule has 0 amide bonds. The number of imidazole rings is 1.